The van der Waals surface area contributed by atoms with Crippen LogP contribution in [0.5, 0.6) is 0 Å². The lowest BCUT2D eigenvalue weighted by Crippen LogP contribution is -2.50. The molecule has 4 nitrogen and oxygen atoms in total. The van der Waals surface area contributed by atoms with Gasteiger partial charge in [0.1, 0.15) is 6.61 Å². The van der Waals surface area contributed by atoms with Gasteiger partial charge in [-0.1, -0.05) is 48.5 Å². The maximum absolute atomic E-state index is 14.3. The quantitative estimate of drug-likeness (QED) is 0.913. The number of halogens is 1. The Morgan fingerprint density at radius 2 is 1.77 bits per heavy atom. The minimum atomic E-state index is -1.72. The molecule has 2 aromatic carbocycles. The molecular weight excluding hydrogens is 333 g/mol. The number of hydrogen-bond acceptors (Lipinski definition) is 3. The number of ether oxygens (including phenoxy) is 1. The largest absolute Gasteiger partial charge is 0.448 e. The van der Waals surface area contributed by atoms with E-state index in [9.17, 15) is 14.3 Å². The van der Waals surface area contributed by atoms with Crippen molar-refractivity contribution in [2.24, 2.45) is 0 Å². The Kier molecular flexibility index (Phi) is 4.41. The van der Waals surface area contributed by atoms with Crippen molar-refractivity contribution in [3.63, 3.8) is 0 Å². The second-order valence-corrected chi connectivity index (χ2v) is 7.14. The van der Waals surface area contributed by atoms with E-state index in [1.54, 1.807) is 0 Å². The zero-order valence-corrected chi connectivity index (χ0v) is 14.5. The molecule has 2 aromatic rings. The Hall–Kier alpha value is -2.40. The molecule has 0 radical (unpaired) electrons. The van der Waals surface area contributed by atoms with Crippen molar-refractivity contribution in [2.45, 2.75) is 24.4 Å². The van der Waals surface area contributed by atoms with E-state index in [0.717, 1.165) is 11.1 Å². The molecule has 1 aliphatic carbocycles. The van der Waals surface area contributed by atoms with E-state index in [-0.39, 0.29) is 25.5 Å². The topological polar surface area (TPSA) is 49.8 Å². The molecule has 1 unspecified atom stereocenters. The molecule has 136 valence electrons. The highest BCUT2D eigenvalue weighted by Gasteiger charge is 2.38. The summed E-state index contributed by atoms with van der Waals surface area (Å²) in [4.78, 5) is 13.8. The Labute approximate surface area is 152 Å². The van der Waals surface area contributed by atoms with Gasteiger partial charge in [-0.2, -0.15) is 0 Å². The highest BCUT2D eigenvalue weighted by Crippen LogP contribution is 2.44. The molecular formula is C21H22FNO3. The standard InChI is InChI=1S/C21H22FNO3/c22-21(14-24)10-5-11-23(13-21)20(25)26-12-19-17-8-3-1-6-15(17)16-7-2-4-9-18(16)19/h1-4,6-9,19,24H,5,10-14H2. The molecule has 1 amide bonds. The van der Waals surface area contributed by atoms with Crippen LogP contribution in [0.25, 0.3) is 11.1 Å². The molecule has 26 heavy (non-hydrogen) atoms. The van der Waals surface area contributed by atoms with Crippen molar-refractivity contribution in [3.05, 3.63) is 59.7 Å². The van der Waals surface area contributed by atoms with Gasteiger partial charge in [0.05, 0.1) is 13.2 Å². The fourth-order valence-corrected chi connectivity index (χ4v) is 4.06. The van der Waals surface area contributed by atoms with E-state index >= 15 is 0 Å². The molecule has 0 aromatic heterocycles. The van der Waals surface area contributed by atoms with Gasteiger partial charge in [0.25, 0.3) is 0 Å². The van der Waals surface area contributed by atoms with Crippen LogP contribution >= 0.6 is 0 Å². The zero-order chi connectivity index (χ0) is 18.1. The van der Waals surface area contributed by atoms with Crippen LogP contribution in [0.2, 0.25) is 0 Å². The SMILES string of the molecule is O=C(OCC1c2ccccc2-c2ccccc21)N1CCCC(F)(CO)C1. The van der Waals surface area contributed by atoms with Crippen molar-refractivity contribution < 1.29 is 19.0 Å². The van der Waals surface area contributed by atoms with Crippen molar-refractivity contribution in [1.29, 1.82) is 0 Å². The van der Waals surface area contributed by atoms with Gasteiger partial charge in [0.2, 0.25) is 0 Å². The molecule has 2 aliphatic rings. The first-order valence-electron chi connectivity index (χ1n) is 9.01. The number of benzene rings is 2. The maximum atomic E-state index is 14.3. The number of alkyl halides is 1. The van der Waals surface area contributed by atoms with E-state index in [1.165, 1.54) is 16.0 Å². The number of amides is 1. The summed E-state index contributed by atoms with van der Waals surface area (Å²) in [5.41, 5.74) is 2.92. The van der Waals surface area contributed by atoms with Crippen molar-refractivity contribution in [1.82, 2.24) is 4.90 Å². The van der Waals surface area contributed by atoms with Gasteiger partial charge >= 0.3 is 6.09 Å². The normalized spacial score (nSPS) is 22.0. The number of carbonyl (C=O) groups excluding carboxylic acids is 1. The fourth-order valence-electron chi connectivity index (χ4n) is 4.06. The fraction of sp³-hybridized carbons (Fsp3) is 0.381. The highest BCUT2D eigenvalue weighted by molar-refractivity contribution is 5.79. The molecule has 1 saturated heterocycles. The summed E-state index contributed by atoms with van der Waals surface area (Å²) in [7, 11) is 0. The van der Waals surface area contributed by atoms with Crippen LogP contribution in [-0.4, -0.2) is 48.1 Å². The second kappa shape index (κ2) is 6.72. The molecule has 1 fully saturated rings. The Morgan fingerprint density at radius 3 is 2.38 bits per heavy atom. The number of carbonyl (C=O) groups is 1. The van der Waals surface area contributed by atoms with E-state index in [0.29, 0.717) is 13.0 Å². The van der Waals surface area contributed by atoms with Crippen LogP contribution < -0.4 is 0 Å². The third-order valence-corrected chi connectivity index (χ3v) is 5.40. The van der Waals surface area contributed by atoms with Gasteiger partial charge in [-0.15, -0.1) is 0 Å². The van der Waals surface area contributed by atoms with Gasteiger partial charge in [0.15, 0.2) is 5.67 Å². The first kappa shape index (κ1) is 17.0. The Bertz CT molecular complexity index is 779. The van der Waals surface area contributed by atoms with Crippen LogP contribution in [0.1, 0.15) is 29.9 Å². The van der Waals surface area contributed by atoms with E-state index in [2.05, 4.69) is 24.3 Å². The van der Waals surface area contributed by atoms with Crippen LogP contribution in [-0.2, 0) is 4.74 Å². The van der Waals surface area contributed by atoms with E-state index in [4.69, 9.17) is 4.74 Å². The van der Waals surface area contributed by atoms with Crippen molar-refractivity contribution >= 4 is 6.09 Å². The minimum absolute atomic E-state index is 0.0101. The van der Waals surface area contributed by atoms with Crippen LogP contribution in [0, 0.1) is 0 Å². The van der Waals surface area contributed by atoms with Gasteiger partial charge in [-0.05, 0) is 35.1 Å². The monoisotopic (exact) mass is 355 g/mol. The number of fused-ring (bicyclic) bond motifs is 3. The molecule has 4 rings (SSSR count). The molecule has 0 spiro atoms. The summed E-state index contributed by atoms with van der Waals surface area (Å²) in [6.45, 7) is 0.00441. The molecule has 0 bridgehead atoms. The van der Waals surface area contributed by atoms with Crippen LogP contribution in [0.15, 0.2) is 48.5 Å². The summed E-state index contributed by atoms with van der Waals surface area (Å²) in [5.74, 6) is -0.0101. The molecule has 1 heterocycles. The number of likely N-dealkylation sites (tertiary alicyclic amines) is 1. The van der Waals surface area contributed by atoms with E-state index < -0.39 is 18.4 Å². The average Bonchev–Trinajstić information content (AvgIpc) is 3.00. The molecule has 1 aliphatic heterocycles. The van der Waals surface area contributed by atoms with Crippen LogP contribution in [0.3, 0.4) is 0 Å². The van der Waals surface area contributed by atoms with Gasteiger partial charge in [0, 0.05) is 12.5 Å². The molecule has 1 atom stereocenters. The number of piperidine rings is 1. The van der Waals surface area contributed by atoms with Crippen LogP contribution in [0.4, 0.5) is 9.18 Å². The first-order chi connectivity index (χ1) is 12.6. The highest BCUT2D eigenvalue weighted by atomic mass is 19.1. The number of rotatable bonds is 3. The third kappa shape index (κ3) is 2.97. The molecule has 0 saturated carbocycles. The summed E-state index contributed by atoms with van der Waals surface area (Å²) < 4.78 is 19.9. The van der Waals surface area contributed by atoms with Gasteiger partial charge in [-0.25, -0.2) is 9.18 Å². The predicted octanol–water partition coefficient (Wildman–Crippen LogP) is 3.73. The smallest absolute Gasteiger partial charge is 0.409 e. The second-order valence-electron chi connectivity index (χ2n) is 7.14. The number of nitrogens with zero attached hydrogens (tertiary/aromatic N) is 1. The first-order valence-corrected chi connectivity index (χ1v) is 9.01. The summed E-state index contributed by atoms with van der Waals surface area (Å²) in [6.07, 6.45) is 0.291. The Morgan fingerprint density at radius 1 is 1.15 bits per heavy atom. The average molecular weight is 355 g/mol. The lowest BCUT2D eigenvalue weighted by molar-refractivity contribution is -0.00343. The summed E-state index contributed by atoms with van der Waals surface area (Å²) in [6, 6.07) is 16.3. The van der Waals surface area contributed by atoms with Gasteiger partial charge in [-0.3, -0.25) is 0 Å². The lowest BCUT2D eigenvalue weighted by atomic mass is 9.96. The number of hydrogen-bond donors (Lipinski definition) is 1. The zero-order valence-electron chi connectivity index (χ0n) is 14.5. The lowest BCUT2D eigenvalue weighted by Gasteiger charge is -2.35. The van der Waals surface area contributed by atoms with Gasteiger partial charge < -0.3 is 14.7 Å². The molecule has 1 N–H and O–H groups in total. The van der Waals surface area contributed by atoms with Crippen molar-refractivity contribution in [2.75, 3.05) is 26.3 Å². The maximum Gasteiger partial charge on any atom is 0.409 e. The summed E-state index contributed by atoms with van der Waals surface area (Å²) in [5, 5.41) is 9.22. The Balaban J connectivity index is 1.49. The predicted molar refractivity (Wildman–Crippen MR) is 96.8 cm³/mol. The number of aliphatic hydroxyl groups is 1. The number of aliphatic hydroxyl groups excluding tert-OH is 1. The third-order valence-electron chi connectivity index (χ3n) is 5.40. The van der Waals surface area contributed by atoms with E-state index in [1.807, 2.05) is 24.3 Å². The van der Waals surface area contributed by atoms with Crippen molar-refractivity contribution in [3.8, 4) is 11.1 Å². The molecule has 5 heteroatoms. The minimum Gasteiger partial charge on any atom is -0.448 e. The summed E-state index contributed by atoms with van der Waals surface area (Å²) >= 11 is 0.